The second-order valence-corrected chi connectivity index (χ2v) is 5.78. The highest BCUT2D eigenvalue weighted by Crippen LogP contribution is 2.14. The summed E-state index contributed by atoms with van der Waals surface area (Å²) in [5.41, 5.74) is 0.904. The van der Waals surface area contributed by atoms with Crippen LogP contribution in [0.5, 0.6) is 0 Å². The second-order valence-electron chi connectivity index (χ2n) is 5.35. The van der Waals surface area contributed by atoms with E-state index >= 15 is 0 Å². The number of nitrogens with one attached hydrogen (secondary N) is 1. The first-order valence-corrected chi connectivity index (χ1v) is 8.14. The lowest BCUT2D eigenvalue weighted by Gasteiger charge is -2.15. The smallest absolute Gasteiger partial charge is 0.261 e. The SMILES string of the molecule is CCCCC(CC)CNC(=O)/C(C#N)=C/c1ccc(Cl)cc1. The first-order valence-electron chi connectivity index (χ1n) is 7.76. The lowest BCUT2D eigenvalue weighted by molar-refractivity contribution is -0.117. The van der Waals surface area contributed by atoms with Gasteiger partial charge in [0.15, 0.2) is 0 Å². The Balaban J connectivity index is 2.64. The number of nitriles is 1. The third-order valence-corrected chi connectivity index (χ3v) is 3.89. The summed E-state index contributed by atoms with van der Waals surface area (Å²) in [5.74, 6) is 0.159. The molecule has 0 spiro atoms. The number of benzene rings is 1. The topological polar surface area (TPSA) is 52.9 Å². The maximum atomic E-state index is 12.1. The molecule has 0 aliphatic rings. The van der Waals surface area contributed by atoms with Crippen molar-refractivity contribution in [2.24, 2.45) is 5.92 Å². The van der Waals surface area contributed by atoms with E-state index in [4.69, 9.17) is 11.6 Å². The molecule has 118 valence electrons. The van der Waals surface area contributed by atoms with Gasteiger partial charge in [0.1, 0.15) is 11.6 Å². The van der Waals surface area contributed by atoms with Gasteiger partial charge in [0, 0.05) is 11.6 Å². The number of unbranched alkanes of at least 4 members (excludes halogenated alkanes) is 1. The Labute approximate surface area is 138 Å². The zero-order valence-corrected chi connectivity index (χ0v) is 14.0. The lowest BCUT2D eigenvalue weighted by Crippen LogP contribution is -2.30. The molecular formula is C18H23ClN2O. The highest BCUT2D eigenvalue weighted by Gasteiger charge is 2.12. The molecule has 1 amide bonds. The molecular weight excluding hydrogens is 296 g/mol. The number of hydrogen-bond acceptors (Lipinski definition) is 2. The standard InChI is InChI=1S/C18H23ClN2O/c1-3-5-6-14(4-2)13-21-18(22)16(12-20)11-15-7-9-17(19)10-8-15/h7-11,14H,3-6,13H2,1-2H3,(H,21,22)/b16-11+. The van der Waals surface area contributed by atoms with Crippen molar-refractivity contribution in [2.75, 3.05) is 6.54 Å². The molecule has 1 rings (SSSR count). The van der Waals surface area contributed by atoms with Crippen molar-refractivity contribution in [2.45, 2.75) is 39.5 Å². The summed E-state index contributed by atoms with van der Waals surface area (Å²) in [6.07, 6.45) is 6.04. The fraction of sp³-hybridized carbons (Fsp3) is 0.444. The third-order valence-electron chi connectivity index (χ3n) is 3.64. The number of halogens is 1. The largest absolute Gasteiger partial charge is 0.351 e. The predicted molar refractivity (Wildman–Crippen MR) is 91.4 cm³/mol. The number of carbonyl (C=O) groups excluding carboxylic acids is 1. The molecule has 4 heteroatoms. The van der Waals surface area contributed by atoms with Crippen LogP contribution in [-0.4, -0.2) is 12.5 Å². The van der Waals surface area contributed by atoms with Crippen LogP contribution in [0.25, 0.3) is 6.08 Å². The zero-order valence-electron chi connectivity index (χ0n) is 13.2. The summed E-state index contributed by atoms with van der Waals surface area (Å²) in [6.45, 7) is 4.91. The Kier molecular flexibility index (Phi) is 8.32. The van der Waals surface area contributed by atoms with Gasteiger partial charge in [-0.1, -0.05) is 56.8 Å². The van der Waals surface area contributed by atoms with E-state index in [1.165, 1.54) is 6.42 Å². The van der Waals surface area contributed by atoms with Gasteiger partial charge >= 0.3 is 0 Å². The van der Waals surface area contributed by atoms with Crippen molar-refractivity contribution in [1.29, 1.82) is 5.26 Å². The molecule has 0 aliphatic heterocycles. The molecule has 3 nitrogen and oxygen atoms in total. The van der Waals surface area contributed by atoms with Crippen LogP contribution in [0.4, 0.5) is 0 Å². The molecule has 0 bridgehead atoms. The van der Waals surface area contributed by atoms with Gasteiger partial charge in [-0.25, -0.2) is 0 Å². The summed E-state index contributed by atoms with van der Waals surface area (Å²) in [4.78, 5) is 12.1. The monoisotopic (exact) mass is 318 g/mol. The number of amides is 1. The third kappa shape index (κ3) is 6.32. The molecule has 1 atom stereocenters. The minimum atomic E-state index is -0.313. The predicted octanol–water partition coefficient (Wildman–Crippen LogP) is 4.58. The highest BCUT2D eigenvalue weighted by atomic mass is 35.5. The van der Waals surface area contributed by atoms with E-state index < -0.39 is 0 Å². The van der Waals surface area contributed by atoms with Crippen LogP contribution >= 0.6 is 11.6 Å². The molecule has 22 heavy (non-hydrogen) atoms. The van der Waals surface area contributed by atoms with Crippen LogP contribution in [0.1, 0.15) is 45.1 Å². The molecule has 0 aromatic heterocycles. The second kappa shape index (κ2) is 10.0. The average molecular weight is 319 g/mol. The summed E-state index contributed by atoms with van der Waals surface area (Å²) in [7, 11) is 0. The van der Waals surface area contributed by atoms with Gasteiger partial charge < -0.3 is 5.32 Å². The number of rotatable bonds is 8. The molecule has 0 aliphatic carbocycles. The Morgan fingerprint density at radius 1 is 1.36 bits per heavy atom. The van der Waals surface area contributed by atoms with Gasteiger partial charge in [0.2, 0.25) is 0 Å². The first kappa shape index (κ1) is 18.3. The summed E-state index contributed by atoms with van der Waals surface area (Å²) >= 11 is 5.82. The maximum absolute atomic E-state index is 12.1. The molecule has 1 N–H and O–H groups in total. The number of hydrogen-bond donors (Lipinski definition) is 1. The van der Waals surface area contributed by atoms with Gasteiger partial charge in [0.25, 0.3) is 5.91 Å². The number of nitrogens with zero attached hydrogens (tertiary/aromatic N) is 1. The van der Waals surface area contributed by atoms with Crippen LogP contribution in [0.2, 0.25) is 5.02 Å². The first-order chi connectivity index (χ1) is 10.6. The normalized spacial score (nSPS) is 12.5. The van der Waals surface area contributed by atoms with Gasteiger partial charge in [-0.15, -0.1) is 0 Å². The van der Waals surface area contributed by atoms with E-state index in [0.29, 0.717) is 17.5 Å². The number of carbonyl (C=O) groups is 1. The van der Waals surface area contributed by atoms with Gasteiger partial charge in [0.05, 0.1) is 0 Å². The van der Waals surface area contributed by atoms with Gasteiger partial charge in [-0.2, -0.15) is 5.26 Å². The fourth-order valence-electron chi connectivity index (χ4n) is 2.15. The quantitative estimate of drug-likeness (QED) is 0.563. The average Bonchev–Trinajstić information content (AvgIpc) is 2.54. The summed E-state index contributed by atoms with van der Waals surface area (Å²) < 4.78 is 0. The van der Waals surface area contributed by atoms with E-state index in [1.54, 1.807) is 30.3 Å². The van der Waals surface area contributed by atoms with Crippen molar-refractivity contribution in [1.82, 2.24) is 5.32 Å². The van der Waals surface area contributed by atoms with E-state index in [1.807, 2.05) is 6.07 Å². The van der Waals surface area contributed by atoms with E-state index in [2.05, 4.69) is 19.2 Å². The van der Waals surface area contributed by atoms with Crippen molar-refractivity contribution >= 4 is 23.6 Å². The van der Waals surface area contributed by atoms with E-state index in [-0.39, 0.29) is 11.5 Å². The van der Waals surface area contributed by atoms with Crippen molar-refractivity contribution in [3.8, 4) is 6.07 Å². The maximum Gasteiger partial charge on any atom is 0.261 e. The minimum absolute atomic E-state index is 0.118. The van der Waals surface area contributed by atoms with Crippen molar-refractivity contribution in [3.05, 3.63) is 40.4 Å². The van der Waals surface area contributed by atoms with E-state index in [0.717, 1.165) is 24.8 Å². The van der Waals surface area contributed by atoms with Crippen LogP contribution < -0.4 is 5.32 Å². The summed E-state index contributed by atoms with van der Waals surface area (Å²) in [6, 6.07) is 9.00. The molecule has 0 fully saturated rings. The van der Waals surface area contributed by atoms with Crippen molar-refractivity contribution in [3.63, 3.8) is 0 Å². The Bertz CT molecular complexity index is 543. The lowest BCUT2D eigenvalue weighted by atomic mass is 9.99. The molecule has 1 unspecified atom stereocenters. The minimum Gasteiger partial charge on any atom is -0.351 e. The van der Waals surface area contributed by atoms with Crippen LogP contribution in [0.15, 0.2) is 29.8 Å². The molecule has 0 saturated carbocycles. The van der Waals surface area contributed by atoms with Gasteiger partial charge in [-0.05, 0) is 36.1 Å². The van der Waals surface area contributed by atoms with E-state index in [9.17, 15) is 10.1 Å². The summed E-state index contributed by atoms with van der Waals surface area (Å²) in [5, 5.41) is 12.7. The Morgan fingerprint density at radius 2 is 2.05 bits per heavy atom. The molecule has 0 saturated heterocycles. The van der Waals surface area contributed by atoms with Crippen LogP contribution in [0, 0.1) is 17.2 Å². The molecule has 0 heterocycles. The highest BCUT2D eigenvalue weighted by molar-refractivity contribution is 6.30. The molecule has 1 aromatic rings. The van der Waals surface area contributed by atoms with Crippen molar-refractivity contribution < 1.29 is 4.79 Å². The fourth-order valence-corrected chi connectivity index (χ4v) is 2.28. The van der Waals surface area contributed by atoms with Crippen LogP contribution in [0.3, 0.4) is 0 Å². The Hall–Kier alpha value is -1.79. The van der Waals surface area contributed by atoms with Gasteiger partial charge in [-0.3, -0.25) is 4.79 Å². The molecule has 0 radical (unpaired) electrons. The Morgan fingerprint density at radius 3 is 2.59 bits per heavy atom. The molecule has 1 aromatic carbocycles. The van der Waals surface area contributed by atoms with Crippen LogP contribution in [-0.2, 0) is 4.79 Å². The zero-order chi connectivity index (χ0) is 16.4.